The average molecular weight is 395 g/mol. The molecule has 2 saturated heterocycles. The number of anilines is 1. The molecular weight excluding hydrogens is 369 g/mol. The molecule has 2 aromatic carbocycles. The first-order valence-electron chi connectivity index (χ1n) is 10.3. The van der Waals surface area contributed by atoms with E-state index in [0.29, 0.717) is 31.6 Å². The highest BCUT2D eigenvalue weighted by Crippen LogP contribution is 2.25. The van der Waals surface area contributed by atoms with Gasteiger partial charge in [-0.3, -0.25) is 4.79 Å². The third kappa shape index (κ3) is 4.58. The van der Waals surface area contributed by atoms with Crippen molar-refractivity contribution in [3.05, 3.63) is 54.3 Å². The first-order valence-corrected chi connectivity index (χ1v) is 10.3. The van der Waals surface area contributed by atoms with Crippen LogP contribution in [0.1, 0.15) is 25.7 Å². The van der Waals surface area contributed by atoms with E-state index in [1.807, 2.05) is 40.1 Å². The second-order valence-electron chi connectivity index (χ2n) is 7.82. The molecule has 152 valence electrons. The van der Waals surface area contributed by atoms with E-state index in [1.165, 1.54) is 12.1 Å². The number of halogens is 1. The Morgan fingerprint density at radius 1 is 0.862 bits per heavy atom. The van der Waals surface area contributed by atoms with Gasteiger partial charge in [-0.15, -0.1) is 0 Å². The van der Waals surface area contributed by atoms with Gasteiger partial charge in [0.15, 0.2) is 0 Å². The van der Waals surface area contributed by atoms with Crippen LogP contribution in [0.3, 0.4) is 0 Å². The van der Waals surface area contributed by atoms with Crippen molar-refractivity contribution in [2.75, 3.05) is 31.5 Å². The number of hydrogen-bond acceptors (Lipinski definition) is 2. The molecule has 4 rings (SSSR count). The van der Waals surface area contributed by atoms with Crippen molar-refractivity contribution in [3.8, 4) is 11.1 Å². The lowest BCUT2D eigenvalue weighted by Gasteiger charge is -2.34. The number of benzene rings is 2. The Labute approximate surface area is 170 Å². The third-order valence-corrected chi connectivity index (χ3v) is 5.80. The maximum Gasteiger partial charge on any atom is 0.319 e. The molecule has 29 heavy (non-hydrogen) atoms. The molecule has 0 atom stereocenters. The Kier molecular flexibility index (Phi) is 5.79. The lowest BCUT2D eigenvalue weighted by Crippen LogP contribution is -2.47. The summed E-state index contributed by atoms with van der Waals surface area (Å²) in [6, 6.07) is 14.0. The van der Waals surface area contributed by atoms with Crippen LogP contribution in [0.5, 0.6) is 0 Å². The van der Waals surface area contributed by atoms with Gasteiger partial charge in [-0.25, -0.2) is 9.18 Å². The molecule has 0 unspecified atom stereocenters. The van der Waals surface area contributed by atoms with Crippen molar-refractivity contribution < 1.29 is 14.0 Å². The molecule has 0 aromatic heterocycles. The number of rotatable bonds is 3. The van der Waals surface area contributed by atoms with Crippen LogP contribution in [-0.4, -0.2) is 47.9 Å². The zero-order chi connectivity index (χ0) is 20.2. The Bertz CT molecular complexity index is 887. The number of hydrogen-bond donors (Lipinski definition) is 1. The van der Waals surface area contributed by atoms with Gasteiger partial charge in [-0.2, -0.15) is 0 Å². The molecule has 6 heteroatoms. The predicted octanol–water partition coefficient (Wildman–Crippen LogP) is 4.36. The number of carbonyl (C=O) groups is 2. The highest BCUT2D eigenvalue weighted by molar-refractivity contribution is 5.93. The summed E-state index contributed by atoms with van der Waals surface area (Å²) in [6.07, 6.45) is 3.52. The fourth-order valence-corrected chi connectivity index (χ4v) is 4.13. The Morgan fingerprint density at radius 3 is 2.17 bits per heavy atom. The number of urea groups is 1. The number of amides is 3. The van der Waals surface area contributed by atoms with Gasteiger partial charge in [0.05, 0.1) is 0 Å². The minimum absolute atomic E-state index is 0.0188. The largest absolute Gasteiger partial charge is 0.326 e. The summed E-state index contributed by atoms with van der Waals surface area (Å²) in [4.78, 5) is 29.0. The minimum Gasteiger partial charge on any atom is -0.326 e. The van der Waals surface area contributed by atoms with Crippen molar-refractivity contribution >= 4 is 17.6 Å². The van der Waals surface area contributed by atoms with Crippen LogP contribution >= 0.6 is 0 Å². The van der Waals surface area contributed by atoms with Gasteiger partial charge in [0.1, 0.15) is 5.82 Å². The molecule has 2 aliphatic rings. The fourth-order valence-electron chi connectivity index (χ4n) is 4.13. The van der Waals surface area contributed by atoms with Gasteiger partial charge in [-0.05, 0) is 61.1 Å². The summed E-state index contributed by atoms with van der Waals surface area (Å²) >= 11 is 0. The third-order valence-electron chi connectivity index (χ3n) is 5.80. The molecular formula is C23H26FN3O2. The maximum absolute atomic E-state index is 13.5. The molecule has 2 aliphatic heterocycles. The van der Waals surface area contributed by atoms with Crippen LogP contribution in [-0.2, 0) is 4.79 Å². The van der Waals surface area contributed by atoms with E-state index in [2.05, 4.69) is 5.32 Å². The van der Waals surface area contributed by atoms with Crippen molar-refractivity contribution in [2.45, 2.75) is 25.7 Å². The summed E-state index contributed by atoms with van der Waals surface area (Å²) in [5.41, 5.74) is 2.33. The van der Waals surface area contributed by atoms with Crippen LogP contribution in [0.15, 0.2) is 48.5 Å². The van der Waals surface area contributed by atoms with Gasteiger partial charge < -0.3 is 15.1 Å². The maximum atomic E-state index is 13.5. The predicted molar refractivity (Wildman–Crippen MR) is 111 cm³/mol. The lowest BCUT2D eigenvalue weighted by molar-refractivity contribution is -0.121. The highest BCUT2D eigenvalue weighted by atomic mass is 19.1. The standard InChI is InChI=1S/C23H26FN3O2/c24-20-7-3-5-18(15-20)19-6-4-8-21(16-19)25-22(28)17-9-13-27(14-10-17)23(29)26-11-1-2-12-26/h3-8,15-17H,1-2,9-14H2,(H,25,28). The summed E-state index contributed by atoms with van der Waals surface area (Å²) in [6.45, 7) is 2.94. The molecule has 3 amide bonds. The monoisotopic (exact) mass is 395 g/mol. The minimum atomic E-state index is -0.285. The fraction of sp³-hybridized carbons (Fsp3) is 0.391. The smallest absolute Gasteiger partial charge is 0.319 e. The molecule has 0 spiro atoms. The Balaban J connectivity index is 1.34. The zero-order valence-electron chi connectivity index (χ0n) is 16.4. The number of carbonyl (C=O) groups excluding carboxylic acids is 2. The van der Waals surface area contributed by atoms with E-state index in [-0.39, 0.29) is 23.7 Å². The van der Waals surface area contributed by atoms with Gasteiger partial charge in [0, 0.05) is 37.8 Å². The Morgan fingerprint density at radius 2 is 1.48 bits per heavy atom. The molecule has 0 saturated carbocycles. The van der Waals surface area contributed by atoms with Crippen LogP contribution in [0.4, 0.5) is 14.9 Å². The topological polar surface area (TPSA) is 52.7 Å². The molecule has 1 N–H and O–H groups in total. The van der Waals surface area contributed by atoms with E-state index in [0.717, 1.165) is 37.1 Å². The molecule has 0 bridgehead atoms. The van der Waals surface area contributed by atoms with Crippen LogP contribution in [0, 0.1) is 11.7 Å². The molecule has 2 fully saturated rings. The number of nitrogens with zero attached hydrogens (tertiary/aromatic N) is 2. The highest BCUT2D eigenvalue weighted by Gasteiger charge is 2.30. The van der Waals surface area contributed by atoms with Gasteiger partial charge in [0.25, 0.3) is 0 Å². The SMILES string of the molecule is O=C(Nc1cccc(-c2cccc(F)c2)c1)C1CCN(C(=O)N2CCCC2)CC1. The number of likely N-dealkylation sites (tertiary alicyclic amines) is 2. The van der Waals surface area contributed by atoms with Gasteiger partial charge in [-0.1, -0.05) is 24.3 Å². The molecule has 2 heterocycles. The van der Waals surface area contributed by atoms with E-state index in [9.17, 15) is 14.0 Å². The number of nitrogens with one attached hydrogen (secondary N) is 1. The summed E-state index contributed by atoms with van der Waals surface area (Å²) in [5.74, 6) is -0.405. The quantitative estimate of drug-likeness (QED) is 0.840. The molecule has 0 radical (unpaired) electrons. The van der Waals surface area contributed by atoms with Crippen molar-refractivity contribution in [2.24, 2.45) is 5.92 Å². The van der Waals surface area contributed by atoms with Gasteiger partial charge >= 0.3 is 6.03 Å². The van der Waals surface area contributed by atoms with Crippen molar-refractivity contribution in [1.29, 1.82) is 0 Å². The number of piperidine rings is 1. The second kappa shape index (κ2) is 8.64. The molecule has 5 nitrogen and oxygen atoms in total. The first kappa shape index (κ1) is 19.4. The van der Waals surface area contributed by atoms with Crippen LogP contribution in [0.2, 0.25) is 0 Å². The summed E-state index contributed by atoms with van der Waals surface area (Å²) < 4.78 is 13.5. The molecule has 0 aliphatic carbocycles. The van der Waals surface area contributed by atoms with E-state index in [1.54, 1.807) is 6.07 Å². The average Bonchev–Trinajstić information content (AvgIpc) is 3.28. The summed E-state index contributed by atoms with van der Waals surface area (Å²) in [5, 5.41) is 2.99. The Hall–Kier alpha value is -2.89. The summed E-state index contributed by atoms with van der Waals surface area (Å²) in [7, 11) is 0. The van der Waals surface area contributed by atoms with Crippen LogP contribution < -0.4 is 5.32 Å². The van der Waals surface area contributed by atoms with Gasteiger partial charge in [0.2, 0.25) is 5.91 Å². The lowest BCUT2D eigenvalue weighted by atomic mass is 9.96. The van der Waals surface area contributed by atoms with Crippen LogP contribution in [0.25, 0.3) is 11.1 Å². The van der Waals surface area contributed by atoms with E-state index in [4.69, 9.17) is 0 Å². The molecule has 2 aromatic rings. The van der Waals surface area contributed by atoms with E-state index >= 15 is 0 Å². The zero-order valence-corrected chi connectivity index (χ0v) is 16.4. The van der Waals surface area contributed by atoms with Crippen molar-refractivity contribution in [1.82, 2.24) is 9.80 Å². The second-order valence-corrected chi connectivity index (χ2v) is 7.82. The van der Waals surface area contributed by atoms with E-state index < -0.39 is 0 Å². The normalized spacial score (nSPS) is 17.4. The van der Waals surface area contributed by atoms with Crippen molar-refractivity contribution in [3.63, 3.8) is 0 Å². The first-order chi connectivity index (χ1) is 14.1.